The summed E-state index contributed by atoms with van der Waals surface area (Å²) >= 11 is 0. The molecule has 1 saturated heterocycles. The van der Waals surface area contributed by atoms with Crippen LogP contribution in [0.25, 0.3) is 0 Å². The van der Waals surface area contributed by atoms with Gasteiger partial charge in [0.25, 0.3) is 0 Å². The van der Waals surface area contributed by atoms with Crippen molar-refractivity contribution in [2.75, 3.05) is 52.9 Å². The minimum absolute atomic E-state index is 0.0310. The molecule has 0 unspecified atom stereocenters. The van der Waals surface area contributed by atoms with E-state index in [1.54, 1.807) is 36.3 Å². The van der Waals surface area contributed by atoms with Crippen LogP contribution < -0.4 is 9.47 Å². The molecule has 2 aromatic rings. The predicted molar refractivity (Wildman–Crippen MR) is 124 cm³/mol. The van der Waals surface area contributed by atoms with E-state index >= 15 is 0 Å². The van der Waals surface area contributed by atoms with Crippen molar-refractivity contribution >= 4 is 11.9 Å². The highest BCUT2D eigenvalue weighted by Gasteiger charge is 2.22. The van der Waals surface area contributed by atoms with Crippen LogP contribution in [-0.4, -0.2) is 79.5 Å². The Morgan fingerprint density at radius 1 is 0.906 bits per heavy atom. The number of methoxy groups -OCH3 is 1. The molecule has 172 valence electrons. The van der Waals surface area contributed by atoms with Crippen molar-refractivity contribution < 1.29 is 19.1 Å². The van der Waals surface area contributed by atoms with Crippen molar-refractivity contribution in [2.45, 2.75) is 20.4 Å². The number of piperazine rings is 1. The minimum Gasteiger partial charge on any atom is -0.497 e. The number of ketones is 1. The normalized spacial score (nSPS) is 14.7. The highest BCUT2D eigenvalue weighted by atomic mass is 16.6. The zero-order chi connectivity index (χ0) is 22.9. The second-order valence-electron chi connectivity index (χ2n) is 7.86. The highest BCUT2D eigenvalue weighted by Crippen LogP contribution is 2.21. The minimum atomic E-state index is -0.428. The molecule has 1 aliphatic heterocycles. The number of ether oxygens (including phenoxy) is 2. The molecule has 2 aromatic carbocycles. The second kappa shape index (κ2) is 11.6. The van der Waals surface area contributed by atoms with Gasteiger partial charge in [-0.15, -0.1) is 0 Å². The Morgan fingerprint density at radius 3 is 2.16 bits per heavy atom. The first kappa shape index (κ1) is 23.8. The molecule has 0 radical (unpaired) electrons. The molecule has 1 aliphatic rings. The fourth-order valence-corrected chi connectivity index (χ4v) is 3.81. The lowest BCUT2D eigenvalue weighted by atomic mass is 10.1. The molecule has 1 fully saturated rings. The van der Waals surface area contributed by atoms with Gasteiger partial charge in [-0.2, -0.15) is 0 Å². The molecule has 7 nitrogen and oxygen atoms in total. The Morgan fingerprint density at radius 2 is 1.53 bits per heavy atom. The number of rotatable bonds is 9. The molecule has 7 heteroatoms. The summed E-state index contributed by atoms with van der Waals surface area (Å²) < 4.78 is 10.7. The summed E-state index contributed by atoms with van der Waals surface area (Å²) in [5.41, 5.74) is 1.70. The molecule has 0 N–H and O–H groups in total. The summed E-state index contributed by atoms with van der Waals surface area (Å²) in [5.74, 6) is 1.16. The van der Waals surface area contributed by atoms with Gasteiger partial charge in [-0.1, -0.05) is 24.3 Å². The average Bonchev–Trinajstić information content (AvgIpc) is 2.82. The van der Waals surface area contributed by atoms with E-state index in [-0.39, 0.29) is 5.78 Å². The van der Waals surface area contributed by atoms with Crippen LogP contribution in [-0.2, 0) is 6.54 Å². The maximum Gasteiger partial charge on any atom is 0.415 e. The third kappa shape index (κ3) is 6.31. The number of carbonyl (C=O) groups excluding carboxylic acids is 2. The van der Waals surface area contributed by atoms with Gasteiger partial charge >= 0.3 is 6.09 Å². The first-order valence-corrected chi connectivity index (χ1v) is 11.2. The Kier molecular flexibility index (Phi) is 8.64. The summed E-state index contributed by atoms with van der Waals surface area (Å²) in [6.07, 6.45) is -0.428. The van der Waals surface area contributed by atoms with Gasteiger partial charge in [0, 0.05) is 45.8 Å². The average molecular weight is 440 g/mol. The fourth-order valence-electron chi connectivity index (χ4n) is 3.81. The summed E-state index contributed by atoms with van der Waals surface area (Å²) in [6.45, 7) is 9.57. The van der Waals surface area contributed by atoms with Crippen LogP contribution in [0.15, 0.2) is 48.5 Å². The summed E-state index contributed by atoms with van der Waals surface area (Å²) in [6, 6.07) is 15.1. The van der Waals surface area contributed by atoms with Gasteiger partial charge in [-0.05, 0) is 43.7 Å². The van der Waals surface area contributed by atoms with Crippen LogP contribution >= 0.6 is 0 Å². The fraction of sp³-hybridized carbons (Fsp3) is 0.440. The number of nitrogens with zero attached hydrogens (tertiary/aromatic N) is 3. The van der Waals surface area contributed by atoms with E-state index in [1.165, 1.54) is 5.56 Å². The zero-order valence-electron chi connectivity index (χ0n) is 19.3. The maximum absolute atomic E-state index is 13.0. The van der Waals surface area contributed by atoms with Crippen LogP contribution in [0, 0.1) is 0 Å². The number of hydrogen-bond acceptors (Lipinski definition) is 6. The maximum atomic E-state index is 13.0. The lowest BCUT2D eigenvalue weighted by Gasteiger charge is -2.34. The van der Waals surface area contributed by atoms with Gasteiger partial charge in [-0.3, -0.25) is 14.6 Å². The Labute approximate surface area is 190 Å². The molecule has 0 aliphatic carbocycles. The third-order valence-electron chi connectivity index (χ3n) is 5.80. The molecule has 1 heterocycles. The quantitative estimate of drug-likeness (QED) is 0.557. The number of para-hydroxylation sites is 1. The SMILES string of the molecule is CCN(CC)C(=O)Oc1ccccc1C(=O)CN1CCN(Cc2ccc(OC)cc2)CC1. The van der Waals surface area contributed by atoms with E-state index in [2.05, 4.69) is 21.9 Å². The smallest absolute Gasteiger partial charge is 0.415 e. The molecule has 3 rings (SSSR count). The molecular weight excluding hydrogens is 406 g/mol. The van der Waals surface area contributed by atoms with E-state index in [1.807, 2.05) is 26.0 Å². The van der Waals surface area contributed by atoms with Crippen LogP contribution in [0.2, 0.25) is 0 Å². The van der Waals surface area contributed by atoms with Gasteiger partial charge in [0.1, 0.15) is 11.5 Å². The molecule has 0 spiro atoms. The second-order valence-corrected chi connectivity index (χ2v) is 7.86. The van der Waals surface area contributed by atoms with Crippen LogP contribution in [0.3, 0.4) is 0 Å². The van der Waals surface area contributed by atoms with Gasteiger partial charge < -0.3 is 14.4 Å². The number of carbonyl (C=O) groups is 2. The van der Waals surface area contributed by atoms with Crippen molar-refractivity contribution in [3.63, 3.8) is 0 Å². The van der Waals surface area contributed by atoms with Gasteiger partial charge in [0.05, 0.1) is 19.2 Å². The number of Topliss-reactive ketones (excluding diaryl/α,β-unsaturated/α-hetero) is 1. The van der Waals surface area contributed by atoms with Gasteiger partial charge in [-0.25, -0.2) is 4.79 Å². The molecule has 0 aromatic heterocycles. The number of hydrogen-bond donors (Lipinski definition) is 0. The van der Waals surface area contributed by atoms with Crippen molar-refractivity contribution in [2.24, 2.45) is 0 Å². The lowest BCUT2D eigenvalue weighted by molar-refractivity contribution is 0.0841. The van der Waals surface area contributed by atoms with Crippen molar-refractivity contribution in [3.8, 4) is 11.5 Å². The lowest BCUT2D eigenvalue weighted by Crippen LogP contribution is -2.47. The molecule has 0 saturated carbocycles. The molecule has 0 bridgehead atoms. The first-order valence-electron chi connectivity index (χ1n) is 11.2. The Balaban J connectivity index is 1.53. The monoisotopic (exact) mass is 439 g/mol. The van der Waals surface area contributed by atoms with Crippen molar-refractivity contribution in [1.82, 2.24) is 14.7 Å². The Bertz CT molecular complexity index is 888. The standard InChI is InChI=1S/C25H33N3O4/c1-4-28(5-2)25(30)32-24-9-7-6-8-22(24)23(29)19-27-16-14-26(15-17-27)18-20-10-12-21(31-3)13-11-20/h6-13H,4-5,14-19H2,1-3H3. The van der Waals surface area contributed by atoms with Gasteiger partial charge in [0.15, 0.2) is 5.78 Å². The van der Waals surface area contributed by atoms with E-state index < -0.39 is 6.09 Å². The van der Waals surface area contributed by atoms with Crippen molar-refractivity contribution in [3.05, 3.63) is 59.7 Å². The van der Waals surface area contributed by atoms with Gasteiger partial charge in [0.2, 0.25) is 0 Å². The molecule has 32 heavy (non-hydrogen) atoms. The van der Waals surface area contributed by atoms with E-state index in [4.69, 9.17) is 9.47 Å². The molecule has 1 amide bonds. The van der Waals surface area contributed by atoms with Crippen LogP contribution in [0.1, 0.15) is 29.8 Å². The zero-order valence-corrected chi connectivity index (χ0v) is 19.3. The summed E-state index contributed by atoms with van der Waals surface area (Å²) in [7, 11) is 1.67. The van der Waals surface area contributed by atoms with Crippen LogP contribution in [0.4, 0.5) is 4.79 Å². The van der Waals surface area contributed by atoms with Crippen molar-refractivity contribution in [1.29, 1.82) is 0 Å². The van der Waals surface area contributed by atoms with E-state index in [0.29, 0.717) is 30.9 Å². The predicted octanol–water partition coefficient (Wildman–Crippen LogP) is 3.54. The van der Waals surface area contributed by atoms with Crippen LogP contribution in [0.5, 0.6) is 11.5 Å². The largest absolute Gasteiger partial charge is 0.497 e. The van der Waals surface area contributed by atoms with E-state index in [9.17, 15) is 9.59 Å². The summed E-state index contributed by atoms with van der Waals surface area (Å²) in [5, 5.41) is 0. The third-order valence-corrected chi connectivity index (χ3v) is 5.80. The highest BCUT2D eigenvalue weighted by molar-refractivity contribution is 6.00. The topological polar surface area (TPSA) is 62.3 Å². The number of benzene rings is 2. The molecular formula is C25H33N3O4. The molecule has 0 atom stereocenters. The van der Waals surface area contributed by atoms with E-state index in [0.717, 1.165) is 38.5 Å². The summed E-state index contributed by atoms with van der Waals surface area (Å²) in [4.78, 5) is 31.5. The Hall–Kier alpha value is -2.90. The first-order chi connectivity index (χ1) is 15.5. The number of amides is 1.